The molecular weight excluding hydrogens is 322 g/mol. The summed E-state index contributed by atoms with van der Waals surface area (Å²) in [7, 11) is 0. The van der Waals surface area contributed by atoms with Crippen molar-refractivity contribution in [3.63, 3.8) is 0 Å². The number of anilines is 1. The molecule has 1 N–H and O–H groups in total. The molecule has 1 saturated heterocycles. The van der Waals surface area contributed by atoms with Crippen LogP contribution < -0.4 is 10.2 Å². The lowest BCUT2D eigenvalue weighted by Gasteiger charge is -2.34. The van der Waals surface area contributed by atoms with Gasteiger partial charge in [0, 0.05) is 25.6 Å². The molecule has 4 heteroatoms. The molecule has 2 aromatic rings. The van der Waals surface area contributed by atoms with Crippen LogP contribution in [-0.4, -0.2) is 25.0 Å². The zero-order valence-corrected chi connectivity index (χ0v) is 15.2. The highest BCUT2D eigenvalue weighted by molar-refractivity contribution is 5.77. The number of nitriles is 1. The van der Waals surface area contributed by atoms with Crippen molar-refractivity contribution < 1.29 is 4.79 Å². The van der Waals surface area contributed by atoms with Gasteiger partial charge in [0.25, 0.3) is 0 Å². The molecule has 0 saturated carbocycles. The summed E-state index contributed by atoms with van der Waals surface area (Å²) in [5.41, 5.74) is 2.91. The van der Waals surface area contributed by atoms with Gasteiger partial charge in [-0.25, -0.2) is 0 Å². The SMILES string of the molecule is C[C@@H](CC(=O)NC1CCN(c2ccccc2C#N)CC1)c1ccccc1. The Morgan fingerprint density at radius 2 is 1.81 bits per heavy atom. The van der Waals surface area contributed by atoms with E-state index in [1.807, 2.05) is 42.5 Å². The van der Waals surface area contributed by atoms with E-state index in [9.17, 15) is 10.1 Å². The molecule has 0 radical (unpaired) electrons. The summed E-state index contributed by atoms with van der Waals surface area (Å²) in [6, 6.07) is 20.4. The number of nitrogens with one attached hydrogen (secondary N) is 1. The summed E-state index contributed by atoms with van der Waals surface area (Å²) in [6.45, 7) is 3.81. The lowest BCUT2D eigenvalue weighted by Crippen LogP contribution is -2.45. The number of benzene rings is 2. The van der Waals surface area contributed by atoms with E-state index in [2.05, 4.69) is 35.3 Å². The molecule has 4 nitrogen and oxygen atoms in total. The Labute approximate surface area is 155 Å². The molecule has 1 amide bonds. The van der Waals surface area contributed by atoms with E-state index in [1.54, 1.807) is 0 Å². The van der Waals surface area contributed by atoms with Crippen LogP contribution in [0.15, 0.2) is 54.6 Å². The van der Waals surface area contributed by atoms with E-state index in [-0.39, 0.29) is 17.9 Å². The van der Waals surface area contributed by atoms with Gasteiger partial charge < -0.3 is 10.2 Å². The van der Waals surface area contributed by atoms with E-state index in [0.717, 1.165) is 31.6 Å². The van der Waals surface area contributed by atoms with E-state index < -0.39 is 0 Å². The average molecular weight is 347 g/mol. The van der Waals surface area contributed by atoms with Crippen molar-refractivity contribution in [3.8, 4) is 6.07 Å². The molecule has 1 heterocycles. The minimum absolute atomic E-state index is 0.122. The van der Waals surface area contributed by atoms with E-state index in [0.29, 0.717) is 12.0 Å². The summed E-state index contributed by atoms with van der Waals surface area (Å²) in [4.78, 5) is 14.6. The number of hydrogen-bond donors (Lipinski definition) is 1. The maximum atomic E-state index is 12.4. The predicted octanol–water partition coefficient (Wildman–Crippen LogP) is 3.84. The zero-order chi connectivity index (χ0) is 18.4. The normalized spacial score (nSPS) is 15.9. The first-order valence-electron chi connectivity index (χ1n) is 9.25. The maximum Gasteiger partial charge on any atom is 0.220 e. The Balaban J connectivity index is 1.49. The number of hydrogen-bond acceptors (Lipinski definition) is 3. The number of amides is 1. The Kier molecular flexibility index (Phi) is 5.91. The van der Waals surface area contributed by atoms with Crippen molar-refractivity contribution >= 4 is 11.6 Å². The average Bonchev–Trinajstić information content (AvgIpc) is 2.69. The molecule has 134 valence electrons. The summed E-state index contributed by atoms with van der Waals surface area (Å²) in [5.74, 6) is 0.344. The van der Waals surface area contributed by atoms with Gasteiger partial charge in [-0.15, -0.1) is 0 Å². The smallest absolute Gasteiger partial charge is 0.220 e. The Morgan fingerprint density at radius 3 is 2.50 bits per heavy atom. The molecule has 1 fully saturated rings. The topological polar surface area (TPSA) is 56.1 Å². The van der Waals surface area contributed by atoms with Gasteiger partial charge >= 0.3 is 0 Å². The Morgan fingerprint density at radius 1 is 1.15 bits per heavy atom. The standard InChI is InChI=1S/C22H25N3O/c1-17(18-7-3-2-4-8-18)15-22(26)24-20-11-13-25(14-12-20)21-10-6-5-9-19(21)16-23/h2-10,17,20H,11-15H2,1H3,(H,24,26)/t17-/m0/s1. The summed E-state index contributed by atoms with van der Waals surface area (Å²) in [5, 5.41) is 12.5. The third-order valence-electron chi connectivity index (χ3n) is 5.09. The molecule has 0 unspecified atom stereocenters. The van der Waals surface area contributed by atoms with Crippen LogP contribution in [-0.2, 0) is 4.79 Å². The van der Waals surface area contributed by atoms with Gasteiger partial charge in [0.1, 0.15) is 6.07 Å². The number of nitrogens with zero attached hydrogens (tertiary/aromatic N) is 2. The summed E-state index contributed by atoms with van der Waals surface area (Å²) >= 11 is 0. The second kappa shape index (κ2) is 8.53. The van der Waals surface area contributed by atoms with Crippen LogP contribution >= 0.6 is 0 Å². The van der Waals surface area contributed by atoms with Gasteiger partial charge in [0.05, 0.1) is 11.3 Å². The lowest BCUT2D eigenvalue weighted by molar-refractivity contribution is -0.122. The molecule has 0 bridgehead atoms. The van der Waals surface area contributed by atoms with Crippen LogP contribution in [0.25, 0.3) is 0 Å². The van der Waals surface area contributed by atoms with Crippen LogP contribution in [0, 0.1) is 11.3 Å². The molecule has 0 spiro atoms. The molecule has 0 aromatic heterocycles. The Bertz CT molecular complexity index is 773. The number of rotatable bonds is 5. The second-order valence-electron chi connectivity index (χ2n) is 6.97. The zero-order valence-electron chi connectivity index (χ0n) is 15.2. The number of piperidine rings is 1. The van der Waals surface area contributed by atoms with Crippen molar-refractivity contribution in [2.75, 3.05) is 18.0 Å². The second-order valence-corrected chi connectivity index (χ2v) is 6.97. The molecule has 3 rings (SSSR count). The molecule has 2 aromatic carbocycles. The third-order valence-corrected chi connectivity index (χ3v) is 5.09. The number of carbonyl (C=O) groups is 1. The summed E-state index contributed by atoms with van der Waals surface area (Å²) < 4.78 is 0. The van der Waals surface area contributed by atoms with Crippen LogP contribution in [0.2, 0.25) is 0 Å². The van der Waals surface area contributed by atoms with Crippen molar-refractivity contribution in [1.82, 2.24) is 5.32 Å². The predicted molar refractivity (Wildman–Crippen MR) is 104 cm³/mol. The molecule has 26 heavy (non-hydrogen) atoms. The van der Waals surface area contributed by atoms with Crippen molar-refractivity contribution in [3.05, 3.63) is 65.7 Å². The monoisotopic (exact) mass is 347 g/mol. The first-order valence-corrected chi connectivity index (χ1v) is 9.25. The summed E-state index contributed by atoms with van der Waals surface area (Å²) in [6.07, 6.45) is 2.33. The van der Waals surface area contributed by atoms with Crippen molar-refractivity contribution in [2.45, 2.75) is 38.1 Å². The fourth-order valence-corrected chi connectivity index (χ4v) is 3.57. The molecular formula is C22H25N3O. The fourth-order valence-electron chi connectivity index (χ4n) is 3.57. The third kappa shape index (κ3) is 4.43. The first kappa shape index (κ1) is 18.0. The molecule has 1 aliphatic rings. The van der Waals surface area contributed by atoms with Crippen LogP contribution in [0.4, 0.5) is 5.69 Å². The Hall–Kier alpha value is -2.80. The van der Waals surface area contributed by atoms with Gasteiger partial charge in [-0.05, 0) is 36.5 Å². The molecule has 1 atom stereocenters. The highest BCUT2D eigenvalue weighted by Gasteiger charge is 2.22. The van der Waals surface area contributed by atoms with Gasteiger partial charge in [-0.3, -0.25) is 4.79 Å². The van der Waals surface area contributed by atoms with Crippen LogP contribution in [0.5, 0.6) is 0 Å². The molecule has 0 aliphatic carbocycles. The minimum Gasteiger partial charge on any atom is -0.370 e. The minimum atomic E-state index is 0.122. The van der Waals surface area contributed by atoms with Crippen molar-refractivity contribution in [2.24, 2.45) is 0 Å². The first-order chi connectivity index (χ1) is 12.7. The lowest BCUT2D eigenvalue weighted by atomic mass is 9.97. The highest BCUT2D eigenvalue weighted by Crippen LogP contribution is 2.24. The quantitative estimate of drug-likeness (QED) is 0.894. The highest BCUT2D eigenvalue weighted by atomic mass is 16.1. The van der Waals surface area contributed by atoms with Crippen molar-refractivity contribution in [1.29, 1.82) is 5.26 Å². The van der Waals surface area contributed by atoms with E-state index >= 15 is 0 Å². The van der Waals surface area contributed by atoms with E-state index in [1.165, 1.54) is 5.56 Å². The van der Waals surface area contributed by atoms with Gasteiger partial charge in [0.15, 0.2) is 0 Å². The van der Waals surface area contributed by atoms with Crippen LogP contribution in [0.3, 0.4) is 0 Å². The van der Waals surface area contributed by atoms with E-state index in [4.69, 9.17) is 0 Å². The van der Waals surface area contributed by atoms with Crippen LogP contribution in [0.1, 0.15) is 43.2 Å². The number of carbonyl (C=O) groups excluding carboxylic acids is 1. The van der Waals surface area contributed by atoms with Gasteiger partial charge in [0.2, 0.25) is 5.91 Å². The maximum absolute atomic E-state index is 12.4. The molecule has 1 aliphatic heterocycles. The number of para-hydroxylation sites is 1. The fraction of sp³-hybridized carbons (Fsp3) is 0.364. The van der Waals surface area contributed by atoms with Gasteiger partial charge in [-0.1, -0.05) is 49.4 Å². The largest absolute Gasteiger partial charge is 0.370 e. The van der Waals surface area contributed by atoms with Gasteiger partial charge in [-0.2, -0.15) is 5.26 Å².